The molecule has 0 amide bonds. The van der Waals surface area contributed by atoms with Crippen LogP contribution < -0.4 is 11.1 Å². The van der Waals surface area contributed by atoms with Gasteiger partial charge in [-0.25, -0.2) is 0 Å². The molecule has 9 heavy (non-hydrogen) atoms. The Balaban J connectivity index is -0.000000180. The van der Waals surface area contributed by atoms with Gasteiger partial charge in [0, 0.05) is 0 Å². The summed E-state index contributed by atoms with van der Waals surface area (Å²) in [5.41, 5.74) is 5.24. The fourth-order valence-corrected chi connectivity index (χ4v) is 0.446. The van der Waals surface area contributed by atoms with Crippen molar-refractivity contribution in [1.82, 2.24) is 5.32 Å². The Hall–Kier alpha value is 0.500. The van der Waals surface area contributed by atoms with Gasteiger partial charge in [0.15, 0.2) is 0 Å². The molecule has 0 aromatic carbocycles. The number of hydrogen-bond acceptors (Lipinski definition) is 2. The van der Waals surface area contributed by atoms with Crippen molar-refractivity contribution in [3.63, 3.8) is 0 Å². The van der Waals surface area contributed by atoms with Crippen LogP contribution >= 0.6 is 24.8 Å². The summed E-state index contributed by atoms with van der Waals surface area (Å²) < 4.78 is 0. The maximum atomic E-state index is 5.24. The molecule has 0 aromatic rings. The van der Waals surface area contributed by atoms with Crippen molar-refractivity contribution < 1.29 is 0 Å². The van der Waals surface area contributed by atoms with E-state index in [-0.39, 0.29) is 24.8 Å². The zero-order chi connectivity index (χ0) is 5.54. The van der Waals surface area contributed by atoms with Gasteiger partial charge in [0.25, 0.3) is 0 Å². The van der Waals surface area contributed by atoms with Crippen LogP contribution in [0.1, 0.15) is 12.8 Å². The molecule has 0 saturated heterocycles. The van der Waals surface area contributed by atoms with E-state index in [1.165, 1.54) is 6.42 Å². The number of unbranched alkanes of at least 4 members (excludes halogenated alkanes) is 1. The summed E-state index contributed by atoms with van der Waals surface area (Å²) in [6, 6.07) is 0. The minimum absolute atomic E-state index is 0. The van der Waals surface area contributed by atoms with Crippen molar-refractivity contribution in [2.24, 2.45) is 5.73 Å². The van der Waals surface area contributed by atoms with Crippen molar-refractivity contribution in [2.75, 3.05) is 20.1 Å². The third-order valence-corrected chi connectivity index (χ3v) is 0.881. The van der Waals surface area contributed by atoms with Crippen LogP contribution in [0.15, 0.2) is 0 Å². The highest BCUT2D eigenvalue weighted by molar-refractivity contribution is 5.85. The molecule has 0 unspecified atom stereocenters. The SMILES string of the molecule is CNCCCCN.Cl.Cl. The second-order valence-corrected chi connectivity index (χ2v) is 1.60. The molecule has 0 aliphatic heterocycles. The van der Waals surface area contributed by atoms with Crippen LogP contribution in [0.4, 0.5) is 0 Å². The second kappa shape index (κ2) is 15.8. The summed E-state index contributed by atoms with van der Waals surface area (Å²) in [6.07, 6.45) is 2.34. The molecule has 0 radical (unpaired) electrons. The summed E-state index contributed by atoms with van der Waals surface area (Å²) >= 11 is 0. The molecule has 60 valence electrons. The first-order chi connectivity index (χ1) is 3.41. The Morgan fingerprint density at radius 3 is 2.11 bits per heavy atom. The third-order valence-electron chi connectivity index (χ3n) is 0.881. The van der Waals surface area contributed by atoms with E-state index >= 15 is 0 Å². The average molecular weight is 175 g/mol. The highest BCUT2D eigenvalue weighted by Gasteiger charge is 1.78. The van der Waals surface area contributed by atoms with Crippen LogP contribution in [-0.4, -0.2) is 20.1 Å². The van der Waals surface area contributed by atoms with Gasteiger partial charge in [-0.05, 0) is 33.0 Å². The largest absolute Gasteiger partial charge is 0.330 e. The van der Waals surface area contributed by atoms with Gasteiger partial charge in [-0.3, -0.25) is 0 Å². The van der Waals surface area contributed by atoms with Gasteiger partial charge >= 0.3 is 0 Å². The second-order valence-electron chi connectivity index (χ2n) is 1.60. The van der Waals surface area contributed by atoms with E-state index < -0.39 is 0 Å². The average Bonchev–Trinajstić information content (AvgIpc) is 1.69. The number of nitrogens with two attached hydrogens (primary N) is 1. The molecule has 4 heteroatoms. The topological polar surface area (TPSA) is 38.0 Å². The minimum Gasteiger partial charge on any atom is -0.330 e. The van der Waals surface area contributed by atoms with Crippen molar-refractivity contribution >= 4 is 24.8 Å². The van der Waals surface area contributed by atoms with Crippen molar-refractivity contribution in [1.29, 1.82) is 0 Å². The Bertz CT molecular complexity index is 32.1. The lowest BCUT2D eigenvalue weighted by molar-refractivity contribution is 0.684. The first-order valence-electron chi connectivity index (χ1n) is 2.76. The van der Waals surface area contributed by atoms with E-state index in [0.717, 1.165) is 19.5 Å². The van der Waals surface area contributed by atoms with Gasteiger partial charge in [0.1, 0.15) is 0 Å². The van der Waals surface area contributed by atoms with E-state index in [1.54, 1.807) is 0 Å². The van der Waals surface area contributed by atoms with E-state index in [0.29, 0.717) is 0 Å². The monoisotopic (exact) mass is 174 g/mol. The van der Waals surface area contributed by atoms with Crippen molar-refractivity contribution in [2.45, 2.75) is 12.8 Å². The first-order valence-corrected chi connectivity index (χ1v) is 2.76. The fourth-order valence-electron chi connectivity index (χ4n) is 0.446. The Morgan fingerprint density at radius 2 is 1.78 bits per heavy atom. The zero-order valence-corrected chi connectivity index (χ0v) is 7.36. The number of rotatable bonds is 4. The first kappa shape index (κ1) is 16.2. The number of hydrogen-bond donors (Lipinski definition) is 2. The van der Waals surface area contributed by atoms with Crippen LogP contribution in [0.25, 0.3) is 0 Å². The number of nitrogens with one attached hydrogen (secondary N) is 1. The predicted octanol–water partition coefficient (Wildman–Crippen LogP) is 0.788. The molecule has 0 spiro atoms. The van der Waals surface area contributed by atoms with Gasteiger partial charge < -0.3 is 11.1 Å². The summed E-state index contributed by atoms with van der Waals surface area (Å²) in [5.74, 6) is 0. The molecule has 0 fully saturated rings. The molecule has 3 N–H and O–H groups in total. The van der Waals surface area contributed by atoms with E-state index in [1.807, 2.05) is 7.05 Å². The summed E-state index contributed by atoms with van der Waals surface area (Å²) in [5, 5.41) is 3.05. The van der Waals surface area contributed by atoms with Crippen LogP contribution in [0.3, 0.4) is 0 Å². The Labute approximate surface area is 69.4 Å². The number of halogens is 2. The van der Waals surface area contributed by atoms with Gasteiger partial charge in [-0.2, -0.15) is 0 Å². The standard InChI is InChI=1S/C5H14N2.2ClH/c1-7-5-3-2-4-6;;/h7H,2-6H2,1H3;2*1H. The lowest BCUT2D eigenvalue weighted by Crippen LogP contribution is -2.09. The zero-order valence-electron chi connectivity index (χ0n) is 5.72. The van der Waals surface area contributed by atoms with E-state index in [2.05, 4.69) is 5.32 Å². The Kier molecular flexibility index (Phi) is 28.5. The lowest BCUT2D eigenvalue weighted by Gasteiger charge is -1.93. The molecule has 0 rings (SSSR count). The molecule has 0 bridgehead atoms. The minimum atomic E-state index is 0. The fraction of sp³-hybridized carbons (Fsp3) is 1.00. The smallest absolute Gasteiger partial charge is 0.00515 e. The molecule has 0 aromatic heterocycles. The van der Waals surface area contributed by atoms with Crippen molar-refractivity contribution in [3.05, 3.63) is 0 Å². The van der Waals surface area contributed by atoms with Crippen molar-refractivity contribution in [3.8, 4) is 0 Å². The Morgan fingerprint density at radius 1 is 1.22 bits per heavy atom. The van der Waals surface area contributed by atoms with Crippen LogP contribution in [0.2, 0.25) is 0 Å². The maximum absolute atomic E-state index is 5.24. The highest BCUT2D eigenvalue weighted by atomic mass is 35.5. The predicted molar refractivity (Wildman–Crippen MR) is 46.7 cm³/mol. The van der Waals surface area contributed by atoms with Gasteiger partial charge in [-0.15, -0.1) is 24.8 Å². The molecule has 2 nitrogen and oxygen atoms in total. The molecule has 0 aliphatic carbocycles. The summed E-state index contributed by atoms with van der Waals surface area (Å²) in [4.78, 5) is 0. The highest BCUT2D eigenvalue weighted by Crippen LogP contribution is 1.79. The molecule has 0 aliphatic rings. The van der Waals surface area contributed by atoms with Crippen LogP contribution in [0, 0.1) is 0 Å². The summed E-state index contributed by atoms with van der Waals surface area (Å²) in [6.45, 7) is 1.92. The van der Waals surface area contributed by atoms with Gasteiger partial charge in [-0.1, -0.05) is 0 Å². The molecule has 0 saturated carbocycles. The lowest BCUT2D eigenvalue weighted by atomic mass is 10.3. The maximum Gasteiger partial charge on any atom is -0.00515 e. The molecular weight excluding hydrogens is 159 g/mol. The van der Waals surface area contributed by atoms with E-state index in [4.69, 9.17) is 5.73 Å². The molecular formula is C5H16Cl2N2. The van der Waals surface area contributed by atoms with E-state index in [9.17, 15) is 0 Å². The van der Waals surface area contributed by atoms with Crippen LogP contribution in [0.5, 0.6) is 0 Å². The van der Waals surface area contributed by atoms with Gasteiger partial charge in [0.05, 0.1) is 0 Å². The normalized spacial score (nSPS) is 7.33. The quantitative estimate of drug-likeness (QED) is 0.620. The summed E-state index contributed by atoms with van der Waals surface area (Å²) in [7, 11) is 1.95. The van der Waals surface area contributed by atoms with Gasteiger partial charge in [0.2, 0.25) is 0 Å². The third kappa shape index (κ3) is 17.7. The van der Waals surface area contributed by atoms with Crippen LogP contribution in [-0.2, 0) is 0 Å². The molecule has 0 atom stereocenters. The molecule has 0 heterocycles.